The van der Waals surface area contributed by atoms with Gasteiger partial charge in [-0.1, -0.05) is 18.2 Å². The zero-order valence-electron chi connectivity index (χ0n) is 12.4. The first-order valence-electron chi connectivity index (χ1n) is 6.92. The minimum absolute atomic E-state index is 0.165. The fourth-order valence-corrected chi connectivity index (χ4v) is 3.43. The molecule has 0 aliphatic carbocycles. The molecular formula is C17H15ClN2O2S. The second kappa shape index (κ2) is 5.76. The number of aromatic nitrogens is 1. The molecular weight excluding hydrogens is 332 g/mol. The first-order valence-corrected chi connectivity index (χ1v) is 8.78. The summed E-state index contributed by atoms with van der Waals surface area (Å²) in [6.45, 7) is 5.81. The van der Waals surface area contributed by atoms with E-state index < -0.39 is 10.0 Å². The van der Waals surface area contributed by atoms with Gasteiger partial charge in [-0.3, -0.25) is 4.72 Å². The molecule has 23 heavy (non-hydrogen) atoms. The van der Waals surface area contributed by atoms with Crippen LogP contribution in [-0.4, -0.2) is 13.4 Å². The van der Waals surface area contributed by atoms with Gasteiger partial charge in [-0.15, -0.1) is 0 Å². The average molecular weight is 347 g/mol. The predicted octanol–water partition coefficient (Wildman–Crippen LogP) is 4.66. The lowest BCUT2D eigenvalue weighted by molar-refractivity contribution is 0.601. The molecule has 0 aliphatic heterocycles. The second-order valence-electron chi connectivity index (χ2n) is 5.32. The molecule has 0 amide bonds. The van der Waals surface area contributed by atoms with E-state index in [1.807, 2.05) is 19.1 Å². The van der Waals surface area contributed by atoms with Crippen LogP contribution in [0.1, 0.15) is 12.6 Å². The van der Waals surface area contributed by atoms with E-state index in [4.69, 9.17) is 11.6 Å². The molecule has 0 unspecified atom stereocenters. The number of fused-ring (bicyclic) bond motifs is 1. The lowest BCUT2D eigenvalue weighted by Crippen LogP contribution is -2.12. The van der Waals surface area contributed by atoms with Gasteiger partial charge < -0.3 is 4.98 Å². The highest BCUT2D eigenvalue weighted by atomic mass is 35.5. The Hall–Kier alpha value is -2.24. The van der Waals surface area contributed by atoms with Crippen molar-refractivity contribution < 1.29 is 8.42 Å². The zero-order valence-corrected chi connectivity index (χ0v) is 14.0. The molecule has 3 rings (SSSR count). The number of anilines is 1. The standard InChI is InChI=1S/C17H15ClN2O2S/c1-11(2)17-10-12-9-14(5-8-16(12)19-17)20-23(21,22)15-6-3-13(18)4-7-15/h3-10,19-20H,1H2,2H3. The Kier molecular flexibility index (Phi) is 3.92. The third-order valence-corrected chi connectivity index (χ3v) is 5.11. The van der Waals surface area contributed by atoms with Crippen molar-refractivity contribution in [2.45, 2.75) is 11.8 Å². The van der Waals surface area contributed by atoms with E-state index in [2.05, 4.69) is 16.3 Å². The van der Waals surface area contributed by atoms with E-state index >= 15 is 0 Å². The van der Waals surface area contributed by atoms with Gasteiger partial charge in [-0.25, -0.2) is 8.42 Å². The molecule has 1 aromatic heterocycles. The van der Waals surface area contributed by atoms with Crippen LogP contribution < -0.4 is 4.72 Å². The molecule has 0 saturated heterocycles. The lowest BCUT2D eigenvalue weighted by Gasteiger charge is -2.08. The maximum atomic E-state index is 12.4. The molecule has 0 aliphatic rings. The summed E-state index contributed by atoms with van der Waals surface area (Å²) in [4.78, 5) is 3.40. The van der Waals surface area contributed by atoms with Gasteiger partial charge in [0.05, 0.1) is 4.90 Å². The normalized spacial score (nSPS) is 11.6. The molecule has 3 aromatic rings. The van der Waals surface area contributed by atoms with Gasteiger partial charge in [-0.2, -0.15) is 0 Å². The molecule has 4 nitrogen and oxygen atoms in total. The molecule has 118 valence electrons. The van der Waals surface area contributed by atoms with Crippen molar-refractivity contribution >= 4 is 43.8 Å². The van der Waals surface area contributed by atoms with E-state index in [0.717, 1.165) is 22.2 Å². The summed E-state index contributed by atoms with van der Waals surface area (Å²) in [5.41, 5.74) is 3.28. The zero-order chi connectivity index (χ0) is 16.6. The molecule has 0 bridgehead atoms. The number of rotatable bonds is 4. The number of H-pyrrole nitrogens is 1. The number of benzene rings is 2. The maximum absolute atomic E-state index is 12.4. The third kappa shape index (κ3) is 3.25. The summed E-state index contributed by atoms with van der Waals surface area (Å²) in [6.07, 6.45) is 0. The van der Waals surface area contributed by atoms with Gasteiger partial charge in [0.1, 0.15) is 0 Å². The van der Waals surface area contributed by atoms with Gasteiger partial charge >= 0.3 is 0 Å². The smallest absolute Gasteiger partial charge is 0.261 e. The minimum Gasteiger partial charge on any atom is -0.355 e. The van der Waals surface area contributed by atoms with Crippen LogP contribution in [0.5, 0.6) is 0 Å². The maximum Gasteiger partial charge on any atom is 0.261 e. The second-order valence-corrected chi connectivity index (χ2v) is 7.44. The molecule has 2 aromatic carbocycles. The van der Waals surface area contributed by atoms with E-state index in [1.165, 1.54) is 12.1 Å². The Morgan fingerprint density at radius 1 is 1.13 bits per heavy atom. The van der Waals surface area contributed by atoms with Crippen molar-refractivity contribution in [2.24, 2.45) is 0 Å². The van der Waals surface area contributed by atoms with Crippen molar-refractivity contribution in [3.05, 3.63) is 65.8 Å². The van der Waals surface area contributed by atoms with E-state index in [0.29, 0.717) is 10.7 Å². The number of hydrogen-bond acceptors (Lipinski definition) is 2. The monoisotopic (exact) mass is 346 g/mol. The molecule has 0 radical (unpaired) electrons. The molecule has 2 N–H and O–H groups in total. The SMILES string of the molecule is C=C(C)c1cc2cc(NS(=O)(=O)c3ccc(Cl)cc3)ccc2[nH]1. The number of allylic oxidation sites excluding steroid dienone is 1. The van der Waals surface area contributed by atoms with Gasteiger partial charge in [0.25, 0.3) is 10.0 Å². The highest BCUT2D eigenvalue weighted by Gasteiger charge is 2.14. The van der Waals surface area contributed by atoms with Crippen LogP contribution in [0.25, 0.3) is 16.5 Å². The predicted molar refractivity (Wildman–Crippen MR) is 95.3 cm³/mol. The largest absolute Gasteiger partial charge is 0.355 e. The number of halogens is 1. The van der Waals surface area contributed by atoms with Gasteiger partial charge in [0.15, 0.2) is 0 Å². The van der Waals surface area contributed by atoms with Gasteiger partial charge in [0.2, 0.25) is 0 Å². The summed E-state index contributed by atoms with van der Waals surface area (Å²) in [5.74, 6) is 0. The average Bonchev–Trinajstić information content (AvgIpc) is 2.90. The highest BCUT2D eigenvalue weighted by Crippen LogP contribution is 2.25. The highest BCUT2D eigenvalue weighted by molar-refractivity contribution is 7.92. The summed E-state index contributed by atoms with van der Waals surface area (Å²) in [7, 11) is -3.64. The fourth-order valence-electron chi connectivity index (χ4n) is 2.25. The molecule has 6 heteroatoms. The molecule has 1 heterocycles. The lowest BCUT2D eigenvalue weighted by atomic mass is 10.2. The Morgan fingerprint density at radius 3 is 2.48 bits per heavy atom. The summed E-state index contributed by atoms with van der Waals surface area (Å²) >= 11 is 5.79. The van der Waals surface area contributed by atoms with Crippen LogP contribution in [0.3, 0.4) is 0 Å². The van der Waals surface area contributed by atoms with Gasteiger partial charge in [0, 0.05) is 27.3 Å². The van der Waals surface area contributed by atoms with Crippen LogP contribution in [0.15, 0.2) is 60.0 Å². The molecule has 0 spiro atoms. The third-order valence-electron chi connectivity index (χ3n) is 3.46. The summed E-state index contributed by atoms with van der Waals surface area (Å²) < 4.78 is 27.4. The summed E-state index contributed by atoms with van der Waals surface area (Å²) in [6, 6.07) is 13.3. The van der Waals surface area contributed by atoms with Crippen LogP contribution in [-0.2, 0) is 10.0 Å². The van der Waals surface area contributed by atoms with E-state index in [9.17, 15) is 8.42 Å². The Balaban J connectivity index is 1.94. The van der Waals surface area contributed by atoms with Crippen molar-refractivity contribution in [1.29, 1.82) is 0 Å². The number of nitrogens with one attached hydrogen (secondary N) is 2. The molecule has 0 atom stereocenters. The van der Waals surface area contributed by atoms with E-state index in [-0.39, 0.29) is 4.90 Å². The number of hydrogen-bond donors (Lipinski definition) is 2. The molecule has 0 fully saturated rings. The van der Waals surface area contributed by atoms with Crippen LogP contribution >= 0.6 is 11.6 Å². The Morgan fingerprint density at radius 2 is 1.83 bits per heavy atom. The van der Waals surface area contributed by atoms with Crippen LogP contribution in [0, 0.1) is 0 Å². The minimum atomic E-state index is -3.64. The van der Waals surface area contributed by atoms with Crippen molar-refractivity contribution in [2.75, 3.05) is 4.72 Å². The van der Waals surface area contributed by atoms with E-state index in [1.54, 1.807) is 24.3 Å². The number of aromatic amines is 1. The summed E-state index contributed by atoms with van der Waals surface area (Å²) in [5, 5.41) is 1.41. The first kappa shape index (κ1) is 15.6. The Bertz CT molecular complexity index is 989. The Labute approximate surface area is 139 Å². The van der Waals surface area contributed by atoms with Crippen molar-refractivity contribution in [1.82, 2.24) is 4.98 Å². The van der Waals surface area contributed by atoms with Gasteiger partial charge in [-0.05, 0) is 61.0 Å². The molecule has 0 saturated carbocycles. The fraction of sp³-hybridized carbons (Fsp3) is 0.0588. The van der Waals surface area contributed by atoms with Crippen LogP contribution in [0.2, 0.25) is 5.02 Å². The first-order chi connectivity index (χ1) is 10.8. The van der Waals surface area contributed by atoms with Crippen molar-refractivity contribution in [3.8, 4) is 0 Å². The van der Waals surface area contributed by atoms with Crippen molar-refractivity contribution in [3.63, 3.8) is 0 Å². The quantitative estimate of drug-likeness (QED) is 0.722. The number of sulfonamides is 1. The topological polar surface area (TPSA) is 62.0 Å². The van der Waals surface area contributed by atoms with Crippen LogP contribution in [0.4, 0.5) is 5.69 Å².